The monoisotopic (exact) mass is 202 g/mol. The van der Waals surface area contributed by atoms with Gasteiger partial charge in [-0.3, -0.25) is 4.79 Å². The Bertz CT molecular complexity index is 198. The van der Waals surface area contributed by atoms with Gasteiger partial charge < -0.3 is 0 Å². The van der Waals surface area contributed by atoms with E-state index in [1.165, 1.54) is 12.8 Å². The zero-order chi connectivity index (χ0) is 10.1. The Kier molecular flexibility index (Phi) is 3.39. The van der Waals surface area contributed by atoms with Crippen LogP contribution in [0.4, 0.5) is 0 Å². The number of hydrogen-bond donors (Lipinski definition) is 0. The average Bonchev–Trinajstić information content (AvgIpc) is 1.78. The molecule has 0 aromatic heterocycles. The van der Waals surface area contributed by atoms with Crippen molar-refractivity contribution < 1.29 is 4.79 Å². The highest BCUT2D eigenvalue weighted by atomic mass is 35.5. The van der Waals surface area contributed by atoms with E-state index in [1.54, 1.807) is 0 Å². The maximum absolute atomic E-state index is 10.8. The summed E-state index contributed by atoms with van der Waals surface area (Å²) < 4.78 is 0. The maximum Gasteiger partial charge on any atom is 0.221 e. The van der Waals surface area contributed by atoms with Crippen LogP contribution in [0.25, 0.3) is 0 Å². The summed E-state index contributed by atoms with van der Waals surface area (Å²) in [7, 11) is 0. The van der Waals surface area contributed by atoms with E-state index in [0.29, 0.717) is 17.8 Å². The molecule has 1 rings (SSSR count). The van der Waals surface area contributed by atoms with Gasteiger partial charge >= 0.3 is 0 Å². The molecule has 0 aromatic carbocycles. The maximum atomic E-state index is 10.8. The minimum Gasteiger partial charge on any atom is -0.281 e. The smallest absolute Gasteiger partial charge is 0.221 e. The lowest BCUT2D eigenvalue weighted by Gasteiger charge is -2.38. The van der Waals surface area contributed by atoms with Gasteiger partial charge in [-0.25, -0.2) is 0 Å². The second-order valence-electron chi connectivity index (χ2n) is 5.34. The first-order valence-corrected chi connectivity index (χ1v) is 5.45. The lowest BCUT2D eigenvalue weighted by molar-refractivity contribution is -0.113. The van der Waals surface area contributed by atoms with E-state index in [0.717, 1.165) is 12.3 Å². The molecule has 0 aliphatic heterocycles. The molecule has 0 aromatic rings. The minimum atomic E-state index is -0.171. The first kappa shape index (κ1) is 11.0. The van der Waals surface area contributed by atoms with E-state index in [4.69, 9.17) is 11.6 Å². The molecule has 1 aliphatic carbocycles. The van der Waals surface area contributed by atoms with Crippen LogP contribution in [-0.2, 0) is 4.79 Å². The largest absolute Gasteiger partial charge is 0.281 e. The molecule has 76 valence electrons. The Hall–Kier alpha value is -0.0400. The molecule has 1 fully saturated rings. The van der Waals surface area contributed by atoms with Gasteiger partial charge in [0.2, 0.25) is 5.24 Å². The Morgan fingerprint density at radius 2 is 2.08 bits per heavy atom. The molecule has 1 nitrogen and oxygen atoms in total. The van der Waals surface area contributed by atoms with E-state index in [-0.39, 0.29) is 5.24 Å². The van der Waals surface area contributed by atoms with Gasteiger partial charge in [0.1, 0.15) is 0 Å². The zero-order valence-corrected chi connectivity index (χ0v) is 9.53. The third-order valence-electron chi connectivity index (χ3n) is 2.93. The molecule has 2 atom stereocenters. The van der Waals surface area contributed by atoms with Crippen LogP contribution in [0.15, 0.2) is 0 Å². The lowest BCUT2D eigenvalue weighted by Crippen LogP contribution is -2.28. The first-order valence-electron chi connectivity index (χ1n) is 5.07. The van der Waals surface area contributed by atoms with Crippen LogP contribution in [0, 0.1) is 17.3 Å². The lowest BCUT2D eigenvalue weighted by atomic mass is 9.67. The van der Waals surface area contributed by atoms with Crippen molar-refractivity contribution in [1.82, 2.24) is 0 Å². The zero-order valence-electron chi connectivity index (χ0n) is 8.77. The molecule has 2 heteroatoms. The van der Waals surface area contributed by atoms with Crippen LogP contribution >= 0.6 is 11.6 Å². The van der Waals surface area contributed by atoms with Gasteiger partial charge in [-0.1, -0.05) is 20.8 Å². The fourth-order valence-electron chi connectivity index (χ4n) is 2.93. The van der Waals surface area contributed by atoms with Crippen LogP contribution in [0.2, 0.25) is 0 Å². The average molecular weight is 203 g/mol. The summed E-state index contributed by atoms with van der Waals surface area (Å²) >= 11 is 5.41. The van der Waals surface area contributed by atoms with Crippen molar-refractivity contribution in [2.45, 2.75) is 46.5 Å². The van der Waals surface area contributed by atoms with Gasteiger partial charge in [-0.15, -0.1) is 0 Å². The van der Waals surface area contributed by atoms with Gasteiger partial charge in [0.05, 0.1) is 0 Å². The van der Waals surface area contributed by atoms with Crippen LogP contribution < -0.4 is 0 Å². The molecule has 0 spiro atoms. The summed E-state index contributed by atoms with van der Waals surface area (Å²) in [5.74, 6) is 1.26. The first-order chi connectivity index (χ1) is 5.89. The van der Waals surface area contributed by atoms with E-state index < -0.39 is 0 Å². The fraction of sp³-hybridized carbons (Fsp3) is 0.909. The van der Waals surface area contributed by atoms with Crippen molar-refractivity contribution in [2.75, 3.05) is 0 Å². The molecule has 0 bridgehead atoms. The highest BCUT2D eigenvalue weighted by Crippen LogP contribution is 2.42. The second-order valence-corrected chi connectivity index (χ2v) is 5.76. The van der Waals surface area contributed by atoms with Gasteiger partial charge in [-0.2, -0.15) is 0 Å². The molecule has 0 radical (unpaired) electrons. The quantitative estimate of drug-likeness (QED) is 0.626. The fourth-order valence-corrected chi connectivity index (χ4v) is 3.14. The number of carbonyl (C=O) groups is 1. The summed E-state index contributed by atoms with van der Waals surface area (Å²) in [6.07, 6.45) is 4.16. The topological polar surface area (TPSA) is 17.1 Å². The van der Waals surface area contributed by atoms with Crippen molar-refractivity contribution in [2.24, 2.45) is 17.3 Å². The SMILES string of the molecule is CC1CC(CC(=O)Cl)CC(C)(C)C1. The molecule has 1 aliphatic rings. The molecule has 0 amide bonds. The van der Waals surface area contributed by atoms with Crippen LogP contribution in [0.1, 0.15) is 46.5 Å². The van der Waals surface area contributed by atoms with Crippen molar-refractivity contribution >= 4 is 16.8 Å². The second kappa shape index (κ2) is 4.00. The van der Waals surface area contributed by atoms with Crippen molar-refractivity contribution in [3.8, 4) is 0 Å². The Morgan fingerprint density at radius 3 is 2.54 bits per heavy atom. The Balaban J connectivity index is 2.52. The number of rotatable bonds is 2. The van der Waals surface area contributed by atoms with E-state index in [9.17, 15) is 4.79 Å². The third kappa shape index (κ3) is 3.68. The summed E-state index contributed by atoms with van der Waals surface area (Å²) in [5.41, 5.74) is 0.397. The van der Waals surface area contributed by atoms with Crippen molar-refractivity contribution in [3.63, 3.8) is 0 Å². The predicted octanol–water partition coefficient (Wildman–Crippen LogP) is 3.60. The van der Waals surface area contributed by atoms with Crippen molar-refractivity contribution in [3.05, 3.63) is 0 Å². The minimum absolute atomic E-state index is 0.171. The molecule has 0 saturated heterocycles. The van der Waals surface area contributed by atoms with Crippen LogP contribution in [0.5, 0.6) is 0 Å². The highest BCUT2D eigenvalue weighted by Gasteiger charge is 2.32. The number of carbonyl (C=O) groups excluding carboxylic acids is 1. The highest BCUT2D eigenvalue weighted by molar-refractivity contribution is 6.63. The summed E-state index contributed by atoms with van der Waals surface area (Å²) in [6.45, 7) is 6.84. The van der Waals surface area contributed by atoms with Gasteiger partial charge in [0, 0.05) is 6.42 Å². The predicted molar refractivity (Wildman–Crippen MR) is 55.8 cm³/mol. The number of halogens is 1. The summed E-state index contributed by atoms with van der Waals surface area (Å²) in [6, 6.07) is 0. The molecule has 1 saturated carbocycles. The van der Waals surface area contributed by atoms with Crippen LogP contribution in [-0.4, -0.2) is 5.24 Å². The van der Waals surface area contributed by atoms with Crippen LogP contribution in [0.3, 0.4) is 0 Å². The normalized spacial score (nSPS) is 32.9. The molecule has 0 heterocycles. The Labute approximate surface area is 85.8 Å². The van der Waals surface area contributed by atoms with Gasteiger partial charge in [-0.05, 0) is 48.1 Å². The van der Waals surface area contributed by atoms with Gasteiger partial charge in [0.25, 0.3) is 0 Å². The number of hydrogen-bond acceptors (Lipinski definition) is 1. The Morgan fingerprint density at radius 1 is 1.46 bits per heavy atom. The molecule has 13 heavy (non-hydrogen) atoms. The van der Waals surface area contributed by atoms with E-state index in [2.05, 4.69) is 20.8 Å². The molecular weight excluding hydrogens is 184 g/mol. The van der Waals surface area contributed by atoms with Crippen molar-refractivity contribution in [1.29, 1.82) is 0 Å². The van der Waals surface area contributed by atoms with E-state index >= 15 is 0 Å². The molecule has 0 N–H and O–H groups in total. The molecule has 2 unspecified atom stereocenters. The van der Waals surface area contributed by atoms with E-state index in [1.807, 2.05) is 0 Å². The summed E-state index contributed by atoms with van der Waals surface area (Å²) in [5, 5.41) is -0.171. The standard InChI is InChI=1S/C11H19ClO/c1-8-4-9(5-10(12)13)7-11(2,3)6-8/h8-9H,4-7H2,1-3H3. The van der Waals surface area contributed by atoms with Gasteiger partial charge in [0.15, 0.2) is 0 Å². The molecular formula is C11H19ClO. The summed E-state index contributed by atoms with van der Waals surface area (Å²) in [4.78, 5) is 10.8. The third-order valence-corrected chi connectivity index (χ3v) is 3.08.